The Balaban J connectivity index is 1.68. The number of halogens is 1. The zero-order valence-corrected chi connectivity index (χ0v) is 20.0. The highest BCUT2D eigenvalue weighted by Crippen LogP contribution is 2.50. The van der Waals surface area contributed by atoms with Gasteiger partial charge in [0.1, 0.15) is 11.6 Å². The molecule has 33 heavy (non-hydrogen) atoms. The normalized spacial score (nSPS) is 22.4. The highest BCUT2D eigenvalue weighted by Gasteiger charge is 2.61. The number of imide groups is 1. The Labute approximate surface area is 199 Å². The maximum Gasteiger partial charge on any atom is 0.328 e. The molecule has 0 bridgehead atoms. The zero-order chi connectivity index (χ0) is 23.3. The molecule has 2 aliphatic rings. The minimum absolute atomic E-state index is 0.0864. The quantitative estimate of drug-likeness (QED) is 0.531. The van der Waals surface area contributed by atoms with Crippen molar-refractivity contribution in [1.29, 1.82) is 0 Å². The third-order valence-electron chi connectivity index (χ3n) is 7.13. The van der Waals surface area contributed by atoms with Gasteiger partial charge in [-0.3, -0.25) is 14.6 Å². The summed E-state index contributed by atoms with van der Waals surface area (Å²) in [6.45, 7) is 3.26. The third kappa shape index (κ3) is 3.35. The molecule has 0 saturated carbocycles. The van der Waals surface area contributed by atoms with E-state index in [1.54, 1.807) is 0 Å². The molecule has 0 aliphatic carbocycles. The van der Waals surface area contributed by atoms with Crippen molar-refractivity contribution < 1.29 is 9.59 Å². The summed E-state index contributed by atoms with van der Waals surface area (Å²) in [5.41, 5.74) is 3.11. The van der Waals surface area contributed by atoms with Crippen molar-refractivity contribution in [1.82, 2.24) is 19.7 Å². The van der Waals surface area contributed by atoms with Crippen molar-refractivity contribution in [3.8, 4) is 0 Å². The molecule has 3 heterocycles. The predicted octanol–water partition coefficient (Wildman–Crippen LogP) is 4.83. The summed E-state index contributed by atoms with van der Waals surface area (Å²) in [7, 11) is 4.00. The van der Waals surface area contributed by atoms with Crippen LogP contribution in [0.2, 0.25) is 5.02 Å². The van der Waals surface area contributed by atoms with E-state index in [0.717, 1.165) is 40.7 Å². The van der Waals surface area contributed by atoms with Gasteiger partial charge in [-0.2, -0.15) is 0 Å². The van der Waals surface area contributed by atoms with Crippen LogP contribution in [0.15, 0.2) is 48.5 Å². The number of nitrogens with zero attached hydrogens (tertiary/aromatic N) is 3. The molecule has 1 aromatic heterocycles. The van der Waals surface area contributed by atoms with Crippen molar-refractivity contribution in [2.45, 2.75) is 37.8 Å². The second-order valence-electron chi connectivity index (χ2n) is 9.35. The lowest BCUT2D eigenvalue weighted by Crippen LogP contribution is -2.55. The molecule has 3 aromatic rings. The summed E-state index contributed by atoms with van der Waals surface area (Å²) in [6, 6.07) is 15.2. The van der Waals surface area contributed by atoms with Crippen LogP contribution in [-0.2, 0) is 11.2 Å². The van der Waals surface area contributed by atoms with Crippen molar-refractivity contribution in [3.05, 3.63) is 70.4 Å². The fourth-order valence-corrected chi connectivity index (χ4v) is 5.67. The second kappa shape index (κ2) is 8.19. The number of hydrogen-bond acceptors (Lipinski definition) is 3. The number of carbonyl (C=O) groups excluding carboxylic acids is 2. The van der Waals surface area contributed by atoms with E-state index in [-0.39, 0.29) is 18.0 Å². The van der Waals surface area contributed by atoms with E-state index < -0.39 is 5.54 Å². The van der Waals surface area contributed by atoms with Gasteiger partial charge >= 0.3 is 6.03 Å². The minimum atomic E-state index is -0.903. The maximum atomic E-state index is 13.9. The van der Waals surface area contributed by atoms with E-state index in [1.165, 1.54) is 4.90 Å². The molecule has 2 aromatic carbocycles. The first-order valence-corrected chi connectivity index (χ1v) is 11.9. The first kappa shape index (κ1) is 22.0. The number of aromatic amines is 1. The molecule has 1 N–H and O–H groups in total. The van der Waals surface area contributed by atoms with Gasteiger partial charge in [0.2, 0.25) is 0 Å². The lowest BCUT2D eigenvalue weighted by atomic mass is 9.78. The molecule has 3 amide bonds. The van der Waals surface area contributed by atoms with E-state index in [4.69, 9.17) is 11.6 Å². The number of H-pyrrole nitrogens is 1. The van der Waals surface area contributed by atoms with Crippen LogP contribution >= 0.6 is 11.6 Å². The average Bonchev–Trinajstić information content (AvgIpc) is 3.26. The van der Waals surface area contributed by atoms with Gasteiger partial charge in [-0.25, -0.2) is 4.79 Å². The first-order chi connectivity index (χ1) is 15.9. The van der Waals surface area contributed by atoms with Crippen molar-refractivity contribution >= 4 is 34.4 Å². The second-order valence-corrected chi connectivity index (χ2v) is 9.78. The number of fused-ring (bicyclic) bond motifs is 4. The molecule has 2 aliphatic heterocycles. The van der Waals surface area contributed by atoms with Crippen LogP contribution in [0.25, 0.3) is 10.9 Å². The highest BCUT2D eigenvalue weighted by molar-refractivity contribution is 6.31. The van der Waals surface area contributed by atoms with Crippen molar-refractivity contribution in [2.24, 2.45) is 0 Å². The summed E-state index contributed by atoms with van der Waals surface area (Å²) in [6.07, 6.45) is 1.78. The van der Waals surface area contributed by atoms with E-state index in [0.29, 0.717) is 24.4 Å². The van der Waals surface area contributed by atoms with E-state index in [9.17, 15) is 9.59 Å². The molecule has 1 saturated heterocycles. The minimum Gasteiger partial charge on any atom is -0.356 e. The number of carbonyl (C=O) groups is 2. The molecule has 6 nitrogen and oxygen atoms in total. The van der Waals surface area contributed by atoms with Gasteiger partial charge in [-0.15, -0.1) is 0 Å². The molecule has 7 heteroatoms. The van der Waals surface area contributed by atoms with E-state index >= 15 is 0 Å². The van der Waals surface area contributed by atoms with E-state index in [1.807, 2.05) is 74.4 Å². The average molecular weight is 465 g/mol. The molecular formula is C26H29ClN4O2. The highest BCUT2D eigenvalue weighted by atomic mass is 35.5. The number of nitrogens with one attached hydrogen (secondary N) is 1. The topological polar surface area (TPSA) is 59.7 Å². The molecule has 172 valence electrons. The summed E-state index contributed by atoms with van der Waals surface area (Å²) in [4.78, 5) is 36.7. The first-order valence-electron chi connectivity index (χ1n) is 11.5. The molecule has 0 radical (unpaired) electrons. The lowest BCUT2D eigenvalue weighted by molar-refractivity contribution is -0.134. The van der Waals surface area contributed by atoms with Gasteiger partial charge in [-0.1, -0.05) is 48.9 Å². The fourth-order valence-electron chi connectivity index (χ4n) is 5.50. The van der Waals surface area contributed by atoms with Gasteiger partial charge < -0.3 is 9.88 Å². The monoisotopic (exact) mass is 464 g/mol. The van der Waals surface area contributed by atoms with E-state index in [2.05, 4.69) is 9.88 Å². The van der Waals surface area contributed by atoms with Crippen LogP contribution in [-0.4, -0.2) is 64.3 Å². The maximum absolute atomic E-state index is 13.9. The Morgan fingerprint density at radius 3 is 2.61 bits per heavy atom. The SMILES string of the molecule is CCC12Cc3c([nH]c4ccc(Cl)cc34)C(c3ccccc3)N1C(=O)N(CCCN(C)C)C2=O. The zero-order valence-electron chi connectivity index (χ0n) is 19.3. The van der Waals surface area contributed by atoms with Crippen molar-refractivity contribution in [3.63, 3.8) is 0 Å². The summed E-state index contributed by atoms with van der Waals surface area (Å²) in [5, 5.41) is 1.69. The Bertz CT molecular complexity index is 1220. The molecule has 0 spiro atoms. The molecule has 1 fully saturated rings. The molecule has 2 atom stereocenters. The number of rotatable bonds is 6. The lowest BCUT2D eigenvalue weighted by Gasteiger charge is -2.44. The molecular weight excluding hydrogens is 436 g/mol. The number of benzene rings is 2. The Morgan fingerprint density at radius 1 is 1.15 bits per heavy atom. The standard InChI is InChI=1S/C26H29ClN4O2/c1-4-26-16-20-19-15-18(27)11-12-21(19)28-22(20)23(17-9-6-5-7-10-17)31(26)25(33)30(24(26)32)14-8-13-29(2)3/h5-7,9-12,15,23,28H,4,8,13-14,16H2,1-3H3. The third-order valence-corrected chi connectivity index (χ3v) is 7.37. The van der Waals surface area contributed by atoms with Gasteiger partial charge in [0.05, 0.1) is 0 Å². The number of urea groups is 1. The van der Waals surface area contributed by atoms with Crippen LogP contribution < -0.4 is 0 Å². The van der Waals surface area contributed by atoms with Crippen LogP contribution in [0, 0.1) is 0 Å². The van der Waals surface area contributed by atoms with Crippen LogP contribution in [0.1, 0.15) is 42.6 Å². The van der Waals surface area contributed by atoms with Crippen molar-refractivity contribution in [2.75, 3.05) is 27.2 Å². The number of aromatic nitrogens is 1. The number of hydrogen-bond donors (Lipinski definition) is 1. The number of amides is 3. The van der Waals surface area contributed by atoms with Gasteiger partial charge in [-0.05, 0) is 62.8 Å². The largest absolute Gasteiger partial charge is 0.356 e. The Hall–Kier alpha value is -2.83. The molecule has 2 unspecified atom stereocenters. The summed E-state index contributed by atoms with van der Waals surface area (Å²) >= 11 is 6.35. The smallest absolute Gasteiger partial charge is 0.328 e. The summed E-state index contributed by atoms with van der Waals surface area (Å²) in [5.74, 6) is -0.0864. The van der Waals surface area contributed by atoms with Gasteiger partial charge in [0, 0.05) is 34.6 Å². The van der Waals surface area contributed by atoms with Gasteiger partial charge in [0.15, 0.2) is 0 Å². The Morgan fingerprint density at radius 2 is 1.91 bits per heavy atom. The predicted molar refractivity (Wildman–Crippen MR) is 130 cm³/mol. The van der Waals surface area contributed by atoms with Crippen LogP contribution in [0.4, 0.5) is 4.79 Å². The molecule has 5 rings (SSSR count). The van der Waals surface area contributed by atoms with Gasteiger partial charge in [0.25, 0.3) is 5.91 Å². The van der Waals surface area contributed by atoms with Crippen LogP contribution in [0.3, 0.4) is 0 Å². The Kier molecular flexibility index (Phi) is 5.46. The fraction of sp³-hybridized carbons (Fsp3) is 0.385. The van der Waals surface area contributed by atoms with Crippen LogP contribution in [0.5, 0.6) is 0 Å². The summed E-state index contributed by atoms with van der Waals surface area (Å²) < 4.78 is 0.